The van der Waals surface area contributed by atoms with Crippen molar-refractivity contribution in [2.75, 3.05) is 25.0 Å². The Balaban J connectivity index is 1.51. The van der Waals surface area contributed by atoms with Crippen LogP contribution in [0, 0.1) is 0 Å². The van der Waals surface area contributed by atoms with Gasteiger partial charge in [-0.2, -0.15) is 0 Å². The standard InChI is InChI=1S/C27H25BrN2O5/c1-2-13-30(15-25(31)32)26(33)22-12-11-17(28)14-24(22)29-27(34)35-16-23-20-9-5-3-7-18(20)19-8-4-6-10-21(19)23/h3-12,14,23H,2,13,15-16H2,1H3,(H,29,34)(H,31,32). The lowest BCUT2D eigenvalue weighted by atomic mass is 9.98. The van der Waals surface area contributed by atoms with Gasteiger partial charge < -0.3 is 14.7 Å². The number of nitrogens with zero attached hydrogens (tertiary/aromatic N) is 1. The minimum Gasteiger partial charge on any atom is -0.480 e. The number of carboxylic acids is 1. The van der Waals surface area contributed by atoms with Crippen LogP contribution in [0.15, 0.2) is 71.2 Å². The van der Waals surface area contributed by atoms with Crippen LogP contribution in [0.3, 0.4) is 0 Å². The van der Waals surface area contributed by atoms with E-state index in [4.69, 9.17) is 4.74 Å². The molecule has 7 nitrogen and oxygen atoms in total. The number of amides is 2. The lowest BCUT2D eigenvalue weighted by Gasteiger charge is -2.22. The van der Waals surface area contributed by atoms with E-state index in [1.54, 1.807) is 18.2 Å². The SMILES string of the molecule is CCCN(CC(=O)O)C(=O)c1ccc(Br)cc1NC(=O)OCC1c2ccccc2-c2ccccc21. The van der Waals surface area contributed by atoms with Gasteiger partial charge in [0.15, 0.2) is 0 Å². The van der Waals surface area contributed by atoms with E-state index in [-0.39, 0.29) is 30.3 Å². The molecule has 180 valence electrons. The van der Waals surface area contributed by atoms with Crippen molar-refractivity contribution in [3.05, 3.63) is 87.9 Å². The Morgan fingerprint density at radius 1 is 1.00 bits per heavy atom. The first-order valence-corrected chi connectivity index (χ1v) is 12.1. The maximum atomic E-state index is 13.1. The molecule has 0 atom stereocenters. The van der Waals surface area contributed by atoms with Gasteiger partial charge in [-0.25, -0.2) is 4.79 Å². The second kappa shape index (κ2) is 10.7. The number of aliphatic carboxylic acids is 1. The van der Waals surface area contributed by atoms with Crippen molar-refractivity contribution in [3.63, 3.8) is 0 Å². The number of carbonyl (C=O) groups is 3. The largest absolute Gasteiger partial charge is 0.480 e. The molecule has 0 aliphatic heterocycles. The number of ether oxygens (including phenoxy) is 1. The summed E-state index contributed by atoms with van der Waals surface area (Å²) in [6.07, 6.45) is -0.0932. The second-order valence-corrected chi connectivity index (χ2v) is 9.18. The lowest BCUT2D eigenvalue weighted by molar-refractivity contribution is -0.137. The topological polar surface area (TPSA) is 95.9 Å². The van der Waals surface area contributed by atoms with E-state index in [1.165, 1.54) is 4.90 Å². The summed E-state index contributed by atoms with van der Waals surface area (Å²) in [6.45, 7) is 1.86. The number of carbonyl (C=O) groups excluding carboxylic acids is 2. The van der Waals surface area contributed by atoms with Gasteiger partial charge >= 0.3 is 12.1 Å². The van der Waals surface area contributed by atoms with Crippen LogP contribution < -0.4 is 5.32 Å². The smallest absolute Gasteiger partial charge is 0.411 e. The predicted molar refractivity (Wildman–Crippen MR) is 137 cm³/mol. The highest BCUT2D eigenvalue weighted by Gasteiger charge is 2.29. The number of hydrogen-bond acceptors (Lipinski definition) is 4. The van der Waals surface area contributed by atoms with Crippen LogP contribution in [0.25, 0.3) is 11.1 Å². The summed E-state index contributed by atoms with van der Waals surface area (Å²) in [4.78, 5) is 38.3. The minimum absolute atomic E-state index is 0.0904. The van der Waals surface area contributed by atoms with Crippen molar-refractivity contribution in [1.29, 1.82) is 0 Å². The van der Waals surface area contributed by atoms with E-state index in [9.17, 15) is 19.5 Å². The van der Waals surface area contributed by atoms with Crippen LogP contribution in [-0.2, 0) is 9.53 Å². The summed E-state index contributed by atoms with van der Waals surface area (Å²) in [5.74, 6) is -1.67. The summed E-state index contributed by atoms with van der Waals surface area (Å²) in [5.41, 5.74) is 4.90. The first-order valence-electron chi connectivity index (χ1n) is 11.3. The number of carboxylic acid groups (broad SMARTS) is 1. The third-order valence-corrected chi connectivity index (χ3v) is 6.39. The molecule has 1 aliphatic carbocycles. The number of anilines is 1. The van der Waals surface area contributed by atoms with Crippen molar-refractivity contribution in [1.82, 2.24) is 4.90 Å². The number of benzene rings is 3. The molecule has 0 fully saturated rings. The summed E-state index contributed by atoms with van der Waals surface area (Å²) >= 11 is 3.36. The Morgan fingerprint density at radius 3 is 2.23 bits per heavy atom. The highest BCUT2D eigenvalue weighted by atomic mass is 79.9. The third-order valence-electron chi connectivity index (χ3n) is 5.90. The molecule has 3 aromatic rings. The van der Waals surface area contributed by atoms with Crippen LogP contribution in [0.1, 0.15) is 40.7 Å². The first kappa shape index (κ1) is 24.5. The highest BCUT2D eigenvalue weighted by molar-refractivity contribution is 9.10. The molecule has 0 saturated carbocycles. The number of rotatable bonds is 8. The van der Waals surface area contributed by atoms with Crippen molar-refractivity contribution in [2.45, 2.75) is 19.3 Å². The van der Waals surface area contributed by atoms with Crippen LogP contribution >= 0.6 is 15.9 Å². The third kappa shape index (κ3) is 5.38. The number of fused-ring (bicyclic) bond motifs is 3. The fourth-order valence-electron chi connectivity index (χ4n) is 4.41. The summed E-state index contributed by atoms with van der Waals surface area (Å²) in [6, 6.07) is 20.9. The van der Waals surface area contributed by atoms with Gasteiger partial charge in [0, 0.05) is 16.9 Å². The van der Waals surface area contributed by atoms with E-state index in [0.29, 0.717) is 10.9 Å². The zero-order valence-corrected chi connectivity index (χ0v) is 20.7. The van der Waals surface area contributed by atoms with E-state index in [2.05, 4.69) is 33.4 Å². The molecule has 2 amide bonds. The predicted octanol–water partition coefficient (Wildman–Crippen LogP) is 5.75. The molecule has 0 saturated heterocycles. The fraction of sp³-hybridized carbons (Fsp3) is 0.222. The van der Waals surface area contributed by atoms with Gasteiger partial charge in [0.2, 0.25) is 0 Å². The quantitative estimate of drug-likeness (QED) is 0.382. The van der Waals surface area contributed by atoms with Gasteiger partial charge in [-0.3, -0.25) is 14.9 Å². The summed E-state index contributed by atoms with van der Waals surface area (Å²) in [5, 5.41) is 11.9. The van der Waals surface area contributed by atoms with Crippen molar-refractivity contribution in [2.24, 2.45) is 0 Å². The molecule has 1 aliphatic rings. The number of hydrogen-bond donors (Lipinski definition) is 2. The van der Waals surface area contributed by atoms with Gasteiger partial charge in [0.25, 0.3) is 5.91 Å². The Kier molecular flexibility index (Phi) is 7.51. The zero-order chi connectivity index (χ0) is 24.9. The molecule has 0 spiro atoms. The van der Waals surface area contributed by atoms with Gasteiger partial charge in [0.05, 0.1) is 11.3 Å². The Hall–Kier alpha value is -3.65. The molecule has 2 N–H and O–H groups in total. The summed E-state index contributed by atoms with van der Waals surface area (Å²) in [7, 11) is 0. The maximum absolute atomic E-state index is 13.1. The minimum atomic E-state index is -1.10. The molecule has 0 bridgehead atoms. The zero-order valence-electron chi connectivity index (χ0n) is 19.2. The first-order chi connectivity index (χ1) is 16.9. The number of halogens is 1. The molecular formula is C27H25BrN2O5. The second-order valence-electron chi connectivity index (χ2n) is 8.26. The van der Waals surface area contributed by atoms with Gasteiger partial charge in [0.1, 0.15) is 13.2 Å². The molecule has 4 rings (SSSR count). The van der Waals surface area contributed by atoms with Gasteiger partial charge in [-0.1, -0.05) is 71.4 Å². The Morgan fingerprint density at radius 2 is 1.63 bits per heavy atom. The summed E-state index contributed by atoms with van der Waals surface area (Å²) < 4.78 is 6.26. The van der Waals surface area contributed by atoms with E-state index in [1.807, 2.05) is 43.3 Å². The monoisotopic (exact) mass is 536 g/mol. The highest BCUT2D eigenvalue weighted by Crippen LogP contribution is 2.44. The number of nitrogens with one attached hydrogen (secondary N) is 1. The van der Waals surface area contributed by atoms with Crippen molar-refractivity contribution < 1.29 is 24.2 Å². The molecule has 8 heteroatoms. The van der Waals surface area contributed by atoms with Crippen molar-refractivity contribution >= 4 is 39.6 Å². The van der Waals surface area contributed by atoms with E-state index >= 15 is 0 Å². The lowest BCUT2D eigenvalue weighted by Crippen LogP contribution is -2.36. The Bertz CT molecular complexity index is 1230. The van der Waals surface area contributed by atoms with Gasteiger partial charge in [-0.05, 0) is 46.9 Å². The average molecular weight is 537 g/mol. The van der Waals surface area contributed by atoms with E-state index in [0.717, 1.165) is 22.3 Å². The van der Waals surface area contributed by atoms with Crippen LogP contribution in [0.4, 0.5) is 10.5 Å². The normalized spacial score (nSPS) is 11.9. The molecule has 3 aromatic carbocycles. The van der Waals surface area contributed by atoms with Crippen molar-refractivity contribution in [3.8, 4) is 11.1 Å². The Labute approximate surface area is 211 Å². The van der Waals surface area contributed by atoms with Crippen LogP contribution in [0.2, 0.25) is 0 Å². The van der Waals surface area contributed by atoms with Gasteiger partial charge in [-0.15, -0.1) is 0 Å². The molecule has 0 unspecified atom stereocenters. The molecule has 0 heterocycles. The molecular weight excluding hydrogens is 512 g/mol. The molecule has 0 aromatic heterocycles. The maximum Gasteiger partial charge on any atom is 0.411 e. The van der Waals surface area contributed by atoms with Crippen LogP contribution in [-0.4, -0.2) is 47.7 Å². The molecule has 35 heavy (non-hydrogen) atoms. The molecule has 0 radical (unpaired) electrons. The fourth-order valence-corrected chi connectivity index (χ4v) is 4.77. The van der Waals surface area contributed by atoms with E-state index < -0.39 is 24.5 Å². The average Bonchev–Trinajstić information content (AvgIpc) is 3.16. The van der Waals surface area contributed by atoms with Crippen LogP contribution in [0.5, 0.6) is 0 Å².